The maximum atomic E-state index is 12.8. The number of para-hydroxylation sites is 1. The van der Waals surface area contributed by atoms with Gasteiger partial charge in [-0.3, -0.25) is 9.59 Å². The van der Waals surface area contributed by atoms with Gasteiger partial charge >= 0.3 is 0 Å². The first-order chi connectivity index (χ1) is 12.5. The Bertz CT molecular complexity index is 1370. The van der Waals surface area contributed by atoms with Crippen molar-refractivity contribution in [3.63, 3.8) is 0 Å². The first kappa shape index (κ1) is 16.3. The molecule has 0 aliphatic rings. The molecule has 2 heterocycles. The predicted molar refractivity (Wildman–Crippen MR) is 99.8 cm³/mol. The molecule has 0 bridgehead atoms. The Morgan fingerprint density at radius 1 is 1.08 bits per heavy atom. The molecule has 26 heavy (non-hydrogen) atoms. The second kappa shape index (κ2) is 5.99. The van der Waals surface area contributed by atoms with Crippen molar-refractivity contribution in [2.24, 2.45) is 0 Å². The molecule has 0 spiro atoms. The second-order valence-corrected chi connectivity index (χ2v) is 6.35. The number of H-pyrrole nitrogens is 1. The number of nitrogens with one attached hydrogen (secondary N) is 1. The fourth-order valence-corrected chi connectivity index (χ4v) is 3.29. The van der Waals surface area contributed by atoms with Crippen molar-refractivity contribution in [3.05, 3.63) is 78.8 Å². The van der Waals surface area contributed by atoms with Gasteiger partial charge in [0.05, 0.1) is 21.6 Å². The monoisotopic (exact) mass is 382 g/mol. The zero-order valence-electron chi connectivity index (χ0n) is 13.0. The topological polar surface area (TPSA) is 91.0 Å². The van der Waals surface area contributed by atoms with Crippen LogP contribution in [0.15, 0.2) is 52.1 Å². The van der Waals surface area contributed by atoms with Gasteiger partial charge in [0.25, 0.3) is 11.1 Å². The standard InChI is InChI=1S/C18H8Cl2N4O2/c19-9-5-6-10(13(20)7-9)15-12(8-21)17(26)24-16(25)11-3-1-2-4-14(11)22-18(24)23-15/h1-7H,(H,22,23). The highest BCUT2D eigenvalue weighted by atomic mass is 35.5. The van der Waals surface area contributed by atoms with Crippen molar-refractivity contribution >= 4 is 39.9 Å². The summed E-state index contributed by atoms with van der Waals surface area (Å²) in [6.45, 7) is 0. The molecule has 0 amide bonds. The molecule has 0 unspecified atom stereocenters. The third-order valence-corrected chi connectivity index (χ3v) is 4.54. The van der Waals surface area contributed by atoms with Crippen molar-refractivity contribution in [3.8, 4) is 17.3 Å². The molecule has 0 saturated carbocycles. The van der Waals surface area contributed by atoms with Gasteiger partial charge in [0.15, 0.2) is 0 Å². The van der Waals surface area contributed by atoms with Crippen LogP contribution >= 0.6 is 23.2 Å². The number of nitriles is 1. The van der Waals surface area contributed by atoms with Gasteiger partial charge in [-0.25, -0.2) is 9.38 Å². The molecule has 0 fully saturated rings. The fourth-order valence-electron chi connectivity index (χ4n) is 2.79. The maximum absolute atomic E-state index is 12.8. The molecule has 8 heteroatoms. The molecule has 0 saturated heterocycles. The summed E-state index contributed by atoms with van der Waals surface area (Å²) >= 11 is 12.1. The SMILES string of the molecule is N#Cc1c(-c2ccc(Cl)cc2Cl)nc2[nH]c3ccccc3c(=O)n2c1=O. The predicted octanol–water partition coefficient (Wildman–Crippen LogP) is 3.38. The lowest BCUT2D eigenvalue weighted by Crippen LogP contribution is -2.30. The molecule has 4 aromatic rings. The van der Waals surface area contributed by atoms with E-state index in [0.717, 1.165) is 4.40 Å². The number of aromatic nitrogens is 3. The molecule has 0 atom stereocenters. The second-order valence-electron chi connectivity index (χ2n) is 5.51. The Morgan fingerprint density at radius 3 is 2.58 bits per heavy atom. The van der Waals surface area contributed by atoms with Crippen LogP contribution in [0, 0.1) is 11.3 Å². The van der Waals surface area contributed by atoms with Crippen LogP contribution in [0.1, 0.15) is 5.56 Å². The van der Waals surface area contributed by atoms with Crippen LogP contribution in [-0.4, -0.2) is 14.4 Å². The number of aromatic amines is 1. The van der Waals surface area contributed by atoms with E-state index in [9.17, 15) is 14.9 Å². The van der Waals surface area contributed by atoms with Gasteiger partial charge in [0.1, 0.15) is 11.6 Å². The molecule has 6 nitrogen and oxygen atoms in total. The highest BCUT2D eigenvalue weighted by Crippen LogP contribution is 2.30. The van der Waals surface area contributed by atoms with Crippen molar-refractivity contribution in [2.45, 2.75) is 0 Å². The molecular formula is C18H8Cl2N4O2. The van der Waals surface area contributed by atoms with E-state index in [-0.39, 0.29) is 22.1 Å². The number of fused-ring (bicyclic) bond motifs is 2. The molecule has 0 aliphatic heterocycles. The van der Waals surface area contributed by atoms with Gasteiger partial charge in [-0.1, -0.05) is 35.3 Å². The van der Waals surface area contributed by atoms with Crippen LogP contribution in [0.25, 0.3) is 27.9 Å². The quantitative estimate of drug-likeness (QED) is 0.510. The first-order valence-corrected chi connectivity index (χ1v) is 8.20. The smallest absolute Gasteiger partial charge is 0.280 e. The summed E-state index contributed by atoms with van der Waals surface area (Å²) < 4.78 is 0.855. The number of rotatable bonds is 1. The first-order valence-electron chi connectivity index (χ1n) is 7.44. The van der Waals surface area contributed by atoms with Crippen LogP contribution in [0.4, 0.5) is 0 Å². The number of hydrogen-bond acceptors (Lipinski definition) is 4. The Hall–Kier alpha value is -3.14. The minimum atomic E-state index is -0.759. The Morgan fingerprint density at radius 2 is 1.85 bits per heavy atom. The van der Waals surface area contributed by atoms with Crippen molar-refractivity contribution in [1.29, 1.82) is 5.26 Å². The van der Waals surface area contributed by atoms with Gasteiger partial charge in [-0.05, 0) is 30.3 Å². The molecule has 4 rings (SSSR count). The fraction of sp³-hybridized carbons (Fsp3) is 0. The Balaban J connectivity index is 2.20. The summed E-state index contributed by atoms with van der Waals surface area (Å²) in [5, 5.41) is 10.5. The summed E-state index contributed by atoms with van der Waals surface area (Å²) in [7, 11) is 0. The van der Waals surface area contributed by atoms with Crippen LogP contribution in [0.2, 0.25) is 10.0 Å². The van der Waals surface area contributed by atoms with E-state index in [2.05, 4.69) is 9.97 Å². The zero-order valence-corrected chi connectivity index (χ0v) is 14.5. The van der Waals surface area contributed by atoms with Gasteiger partial charge in [0.2, 0.25) is 5.78 Å². The van der Waals surface area contributed by atoms with E-state index in [4.69, 9.17) is 23.2 Å². The van der Waals surface area contributed by atoms with E-state index in [1.165, 1.54) is 6.07 Å². The Labute approximate surface area is 155 Å². The maximum Gasteiger partial charge on any atom is 0.280 e. The highest BCUT2D eigenvalue weighted by Gasteiger charge is 2.19. The lowest BCUT2D eigenvalue weighted by molar-refractivity contribution is 0.974. The van der Waals surface area contributed by atoms with Gasteiger partial charge < -0.3 is 4.98 Å². The molecule has 0 aliphatic carbocycles. The summed E-state index contributed by atoms with van der Waals surface area (Å²) in [6, 6.07) is 13.2. The zero-order chi connectivity index (χ0) is 18.4. The van der Waals surface area contributed by atoms with E-state index >= 15 is 0 Å². The van der Waals surface area contributed by atoms with Gasteiger partial charge in [0, 0.05) is 10.6 Å². The van der Waals surface area contributed by atoms with E-state index in [1.54, 1.807) is 36.4 Å². The van der Waals surface area contributed by atoms with Gasteiger partial charge in [-0.15, -0.1) is 0 Å². The van der Waals surface area contributed by atoms with Crippen LogP contribution in [0.3, 0.4) is 0 Å². The van der Waals surface area contributed by atoms with Crippen LogP contribution < -0.4 is 11.1 Å². The lowest BCUT2D eigenvalue weighted by atomic mass is 10.1. The summed E-state index contributed by atoms with van der Waals surface area (Å²) in [5.74, 6) is 0.0266. The summed E-state index contributed by atoms with van der Waals surface area (Å²) in [4.78, 5) is 32.8. The molecule has 2 aromatic carbocycles. The minimum Gasteiger partial charge on any atom is -0.324 e. The molecular weight excluding hydrogens is 375 g/mol. The number of benzene rings is 2. The largest absolute Gasteiger partial charge is 0.324 e. The molecule has 0 radical (unpaired) electrons. The van der Waals surface area contributed by atoms with E-state index in [0.29, 0.717) is 21.5 Å². The average Bonchev–Trinajstić information content (AvgIpc) is 2.61. The lowest BCUT2D eigenvalue weighted by Gasteiger charge is -2.09. The third kappa shape index (κ3) is 2.37. The number of halogens is 2. The number of nitrogens with zero attached hydrogens (tertiary/aromatic N) is 3. The van der Waals surface area contributed by atoms with Crippen molar-refractivity contribution in [1.82, 2.24) is 14.4 Å². The summed E-state index contributed by atoms with van der Waals surface area (Å²) in [6.07, 6.45) is 0. The van der Waals surface area contributed by atoms with Crippen molar-refractivity contribution < 1.29 is 0 Å². The summed E-state index contributed by atoms with van der Waals surface area (Å²) in [5.41, 5.74) is -0.580. The molecule has 2 aromatic heterocycles. The third-order valence-electron chi connectivity index (χ3n) is 3.99. The van der Waals surface area contributed by atoms with Gasteiger partial charge in [-0.2, -0.15) is 5.26 Å². The van der Waals surface area contributed by atoms with E-state index in [1.807, 2.05) is 6.07 Å². The van der Waals surface area contributed by atoms with Crippen molar-refractivity contribution in [2.75, 3.05) is 0 Å². The van der Waals surface area contributed by atoms with E-state index < -0.39 is 11.1 Å². The normalized spacial score (nSPS) is 11.0. The Kier molecular flexibility index (Phi) is 3.76. The molecule has 126 valence electrons. The average molecular weight is 383 g/mol. The van der Waals surface area contributed by atoms with Crippen LogP contribution in [0.5, 0.6) is 0 Å². The van der Waals surface area contributed by atoms with Crippen LogP contribution in [-0.2, 0) is 0 Å². The number of hydrogen-bond donors (Lipinski definition) is 1. The molecule has 1 N–H and O–H groups in total. The minimum absolute atomic E-state index is 0.0266. The highest BCUT2D eigenvalue weighted by molar-refractivity contribution is 6.36.